The Hall–Kier alpha value is -2.72. The van der Waals surface area contributed by atoms with Gasteiger partial charge in [-0.05, 0) is 42.3 Å². The molecule has 8 nitrogen and oxygen atoms in total. The Bertz CT molecular complexity index is 1320. The molecule has 0 fully saturated rings. The van der Waals surface area contributed by atoms with Crippen molar-refractivity contribution in [1.29, 1.82) is 0 Å². The molecule has 0 saturated heterocycles. The zero-order valence-electron chi connectivity index (χ0n) is 16.9. The number of carbonyl (C=O) groups excluding carboxylic acids is 1. The molecule has 166 valence electrons. The van der Waals surface area contributed by atoms with Gasteiger partial charge in [-0.1, -0.05) is 35.3 Å². The van der Waals surface area contributed by atoms with Crippen LogP contribution in [0, 0.1) is 0 Å². The highest BCUT2D eigenvalue weighted by molar-refractivity contribution is 7.90. The van der Waals surface area contributed by atoms with Gasteiger partial charge in [0.2, 0.25) is 15.0 Å². The van der Waals surface area contributed by atoms with Crippen molar-refractivity contribution in [3.63, 3.8) is 0 Å². The number of hydrogen-bond donors (Lipinski definition) is 1. The molecule has 4 rings (SSSR count). The highest BCUT2D eigenvalue weighted by atomic mass is 35.5. The number of nitrogens with zero attached hydrogens (tertiary/aromatic N) is 4. The molecule has 2 aromatic carbocycles. The minimum atomic E-state index is -3.70. The molecule has 3 aromatic rings. The Labute approximate surface area is 195 Å². The first-order chi connectivity index (χ1) is 15.2. The van der Waals surface area contributed by atoms with E-state index in [1.165, 1.54) is 22.1 Å². The van der Waals surface area contributed by atoms with Crippen LogP contribution >= 0.6 is 23.2 Å². The largest absolute Gasteiger partial charge is 0.396 e. The van der Waals surface area contributed by atoms with Crippen LogP contribution in [0.2, 0.25) is 10.0 Å². The predicted octanol–water partition coefficient (Wildman–Crippen LogP) is 4.00. The lowest BCUT2D eigenvalue weighted by Crippen LogP contribution is -2.45. The molecule has 2 amide bonds. The zero-order valence-corrected chi connectivity index (χ0v) is 19.2. The minimum absolute atomic E-state index is 0.0547. The SMILES string of the molecule is CS(=O)(=O)c1ncc2c(n1)N(c1cccc(CCO)c1)C(=O)N(c1ccc(Cl)cc1Cl)C2. The Morgan fingerprint density at radius 2 is 1.94 bits per heavy atom. The molecule has 1 aliphatic heterocycles. The van der Waals surface area contributed by atoms with E-state index in [4.69, 9.17) is 23.2 Å². The van der Waals surface area contributed by atoms with Gasteiger partial charge in [0.15, 0.2) is 5.82 Å². The second-order valence-electron chi connectivity index (χ2n) is 7.22. The molecule has 2 heterocycles. The van der Waals surface area contributed by atoms with Crippen molar-refractivity contribution in [2.45, 2.75) is 18.1 Å². The molecule has 0 radical (unpaired) electrons. The molecular formula is C21H18Cl2N4O4S. The number of halogens is 2. The number of sulfone groups is 1. The highest BCUT2D eigenvalue weighted by Gasteiger charge is 2.36. The smallest absolute Gasteiger partial charge is 0.335 e. The number of hydrogen-bond acceptors (Lipinski definition) is 6. The maximum atomic E-state index is 13.7. The van der Waals surface area contributed by atoms with Gasteiger partial charge in [-0.3, -0.25) is 4.90 Å². The molecule has 0 bridgehead atoms. The molecule has 1 aromatic heterocycles. The summed E-state index contributed by atoms with van der Waals surface area (Å²) in [5, 5.41) is 9.64. The number of aromatic nitrogens is 2. The number of urea groups is 1. The Morgan fingerprint density at radius 3 is 2.62 bits per heavy atom. The van der Waals surface area contributed by atoms with E-state index in [0.29, 0.717) is 28.4 Å². The minimum Gasteiger partial charge on any atom is -0.396 e. The molecule has 0 saturated carbocycles. The Kier molecular flexibility index (Phi) is 6.09. The fourth-order valence-corrected chi connectivity index (χ4v) is 4.42. The number of fused-ring (bicyclic) bond motifs is 1. The van der Waals surface area contributed by atoms with E-state index in [9.17, 15) is 18.3 Å². The number of aliphatic hydroxyl groups is 1. The summed E-state index contributed by atoms with van der Waals surface area (Å²) in [7, 11) is -3.70. The van der Waals surface area contributed by atoms with Crippen LogP contribution in [0.1, 0.15) is 11.1 Å². The average Bonchev–Trinajstić information content (AvgIpc) is 2.73. The Balaban J connectivity index is 1.90. The fraction of sp³-hybridized carbons (Fsp3) is 0.190. The first-order valence-corrected chi connectivity index (χ1v) is 12.2. The van der Waals surface area contributed by atoms with E-state index in [-0.39, 0.29) is 29.1 Å². The lowest BCUT2D eigenvalue weighted by atomic mass is 10.1. The van der Waals surface area contributed by atoms with Crippen molar-refractivity contribution >= 4 is 56.3 Å². The van der Waals surface area contributed by atoms with Crippen molar-refractivity contribution in [3.05, 3.63) is 69.8 Å². The van der Waals surface area contributed by atoms with Crippen molar-refractivity contribution in [1.82, 2.24) is 9.97 Å². The standard InChI is InChI=1S/C21H18Cl2N4O4S/c1-32(30,31)20-24-11-14-12-26(18-6-5-15(22)10-17(18)23)21(29)27(19(14)25-20)16-4-2-3-13(9-16)7-8-28/h2-6,9-11,28H,7-8,12H2,1H3. The number of rotatable bonds is 5. The van der Waals surface area contributed by atoms with E-state index in [2.05, 4.69) is 9.97 Å². The van der Waals surface area contributed by atoms with E-state index < -0.39 is 15.9 Å². The first-order valence-electron chi connectivity index (χ1n) is 9.51. The Morgan fingerprint density at radius 1 is 1.16 bits per heavy atom. The summed E-state index contributed by atoms with van der Waals surface area (Å²) in [5.41, 5.74) is 2.25. The zero-order chi connectivity index (χ0) is 23.0. The van der Waals surface area contributed by atoms with E-state index in [1.54, 1.807) is 30.3 Å². The van der Waals surface area contributed by atoms with E-state index in [1.807, 2.05) is 6.07 Å². The summed E-state index contributed by atoms with van der Waals surface area (Å²) in [6.07, 6.45) is 2.80. The molecule has 0 unspecified atom stereocenters. The van der Waals surface area contributed by atoms with Crippen LogP contribution in [0.5, 0.6) is 0 Å². The monoisotopic (exact) mass is 492 g/mol. The van der Waals surface area contributed by atoms with Crippen LogP contribution in [0.4, 0.5) is 22.0 Å². The van der Waals surface area contributed by atoms with Gasteiger partial charge in [-0.2, -0.15) is 4.98 Å². The fourth-order valence-electron chi connectivity index (χ4n) is 3.42. The summed E-state index contributed by atoms with van der Waals surface area (Å²) in [4.78, 5) is 24.6. The number of amides is 2. The molecule has 1 N–H and O–H groups in total. The van der Waals surface area contributed by atoms with Crippen molar-refractivity contribution in [3.8, 4) is 0 Å². The first kappa shape index (κ1) is 22.5. The summed E-state index contributed by atoms with van der Waals surface area (Å²) < 4.78 is 24.1. The van der Waals surface area contributed by atoms with Crippen LogP contribution in [-0.2, 0) is 22.8 Å². The van der Waals surface area contributed by atoms with E-state index in [0.717, 1.165) is 11.8 Å². The number of aliphatic hydroxyl groups excluding tert-OH is 1. The third kappa shape index (κ3) is 4.29. The van der Waals surface area contributed by atoms with E-state index >= 15 is 0 Å². The van der Waals surface area contributed by atoms with Crippen LogP contribution in [-0.4, -0.2) is 42.4 Å². The molecular weight excluding hydrogens is 475 g/mol. The normalized spacial score (nSPS) is 13.9. The van der Waals surface area contributed by atoms with Gasteiger partial charge in [0, 0.05) is 29.6 Å². The third-order valence-corrected chi connectivity index (χ3v) is 6.28. The third-order valence-electron chi connectivity index (χ3n) is 4.88. The highest BCUT2D eigenvalue weighted by Crippen LogP contribution is 2.38. The lowest BCUT2D eigenvalue weighted by Gasteiger charge is -2.36. The summed E-state index contributed by atoms with van der Waals surface area (Å²) in [6.45, 7) is 0.0350. The second-order valence-corrected chi connectivity index (χ2v) is 9.97. The summed E-state index contributed by atoms with van der Waals surface area (Å²) in [6, 6.07) is 11.4. The maximum absolute atomic E-state index is 13.7. The molecule has 32 heavy (non-hydrogen) atoms. The number of carbonyl (C=O) groups is 1. The average molecular weight is 493 g/mol. The van der Waals surface area contributed by atoms with Gasteiger partial charge in [0.25, 0.3) is 0 Å². The summed E-state index contributed by atoms with van der Waals surface area (Å²) >= 11 is 12.4. The van der Waals surface area contributed by atoms with Crippen LogP contribution < -0.4 is 9.80 Å². The van der Waals surface area contributed by atoms with Gasteiger partial charge >= 0.3 is 6.03 Å². The van der Waals surface area contributed by atoms with Gasteiger partial charge < -0.3 is 5.11 Å². The van der Waals surface area contributed by atoms with Crippen molar-refractivity contribution in [2.24, 2.45) is 0 Å². The van der Waals surface area contributed by atoms with Crippen LogP contribution in [0.15, 0.2) is 53.8 Å². The maximum Gasteiger partial charge on any atom is 0.335 e. The lowest BCUT2D eigenvalue weighted by molar-refractivity contribution is 0.252. The summed E-state index contributed by atoms with van der Waals surface area (Å²) in [5.74, 6) is 0.174. The number of benzene rings is 2. The molecule has 0 spiro atoms. The van der Waals surface area contributed by atoms with Crippen molar-refractivity contribution in [2.75, 3.05) is 22.7 Å². The molecule has 11 heteroatoms. The topological polar surface area (TPSA) is 104 Å². The van der Waals surface area contributed by atoms with Crippen molar-refractivity contribution < 1.29 is 18.3 Å². The van der Waals surface area contributed by atoms with Gasteiger partial charge in [0.1, 0.15) is 0 Å². The predicted molar refractivity (Wildman–Crippen MR) is 123 cm³/mol. The van der Waals surface area contributed by atoms with Gasteiger partial charge in [0.05, 0.1) is 22.9 Å². The quantitative estimate of drug-likeness (QED) is 0.539. The molecule has 0 aliphatic carbocycles. The van der Waals surface area contributed by atoms with Gasteiger partial charge in [-0.15, -0.1) is 0 Å². The number of anilines is 3. The van der Waals surface area contributed by atoms with Gasteiger partial charge in [-0.25, -0.2) is 23.1 Å². The second kappa shape index (κ2) is 8.67. The van der Waals surface area contributed by atoms with Crippen LogP contribution in [0.25, 0.3) is 0 Å². The molecule has 0 atom stereocenters. The van der Waals surface area contributed by atoms with Crippen LogP contribution in [0.3, 0.4) is 0 Å². The molecule has 1 aliphatic rings.